The van der Waals surface area contributed by atoms with Crippen LogP contribution in [0.25, 0.3) is 116 Å². The Morgan fingerprint density at radius 2 is 0.657 bits per heavy atom. The first kappa shape index (κ1) is 68.7. The predicted molar refractivity (Wildman–Crippen MR) is 463 cm³/mol. The van der Waals surface area contributed by atoms with Crippen LogP contribution in [0.4, 0.5) is 34.1 Å². The Hall–Kier alpha value is -11.1. The number of rotatable bonds is 7. The van der Waals surface area contributed by atoms with Crippen LogP contribution in [-0.4, -0.2) is 11.3 Å². The third kappa shape index (κ3) is 11.2. The number of aromatic nitrogens is 1. The first-order valence-corrected chi connectivity index (χ1v) is 38.8. The van der Waals surface area contributed by atoms with E-state index in [1.807, 2.05) is 0 Å². The second-order valence-electron chi connectivity index (χ2n) is 37.0. The van der Waals surface area contributed by atoms with Crippen LogP contribution in [0.15, 0.2) is 264 Å². The number of nitrogens with zero attached hydrogens (tertiary/aromatic N) is 3. The van der Waals surface area contributed by atoms with Crippen LogP contribution in [0.2, 0.25) is 0 Å². The van der Waals surface area contributed by atoms with Gasteiger partial charge in [-0.05, 0) is 201 Å². The lowest BCUT2D eigenvalue weighted by Gasteiger charge is -2.45. The summed E-state index contributed by atoms with van der Waals surface area (Å²) in [5.41, 5.74) is 33.1. The number of fused-ring (bicyclic) bond motifs is 13. The second-order valence-corrected chi connectivity index (χ2v) is 37.0. The molecule has 5 nitrogen and oxygen atoms in total. The van der Waals surface area contributed by atoms with Crippen LogP contribution in [0, 0.1) is 0 Å². The topological polar surface area (TPSA) is 37.7 Å². The summed E-state index contributed by atoms with van der Waals surface area (Å²) in [5.74, 6) is 0. The minimum Gasteiger partial charge on any atom is -0.456 e. The van der Waals surface area contributed by atoms with Gasteiger partial charge in [-0.1, -0.05) is 294 Å². The molecule has 0 atom stereocenters. The van der Waals surface area contributed by atoms with Gasteiger partial charge in [-0.25, -0.2) is 0 Å². The van der Waals surface area contributed by atoms with Gasteiger partial charge in [-0.2, -0.15) is 0 Å². The van der Waals surface area contributed by atoms with E-state index in [-0.39, 0.29) is 39.2 Å². The Morgan fingerprint density at radius 1 is 0.259 bits per heavy atom. The summed E-state index contributed by atoms with van der Waals surface area (Å²) in [4.78, 5) is 5.38. The van der Waals surface area contributed by atoms with Gasteiger partial charge in [0.1, 0.15) is 22.3 Å². The van der Waals surface area contributed by atoms with Gasteiger partial charge in [0, 0.05) is 55.4 Å². The molecule has 0 radical (unpaired) electrons. The average Bonchev–Trinajstić information content (AvgIpc) is 0.901. The maximum Gasteiger partial charge on any atom is 0.252 e. The van der Waals surface area contributed by atoms with E-state index >= 15 is 0 Å². The first-order valence-electron chi connectivity index (χ1n) is 38.8. The van der Waals surface area contributed by atoms with Gasteiger partial charge in [-0.3, -0.25) is 0 Å². The monoisotopic (exact) mass is 1410 g/mol. The highest BCUT2D eigenvalue weighted by Crippen LogP contribution is 2.56. The molecule has 0 spiro atoms. The molecule has 18 rings (SSSR count). The van der Waals surface area contributed by atoms with Crippen molar-refractivity contribution in [2.45, 2.75) is 157 Å². The van der Waals surface area contributed by atoms with E-state index in [0.717, 1.165) is 123 Å². The number of para-hydroxylation sites is 2. The molecule has 0 saturated carbocycles. The summed E-state index contributed by atoms with van der Waals surface area (Å²) in [7, 11) is 0. The van der Waals surface area contributed by atoms with E-state index in [0.29, 0.717) is 0 Å². The molecule has 108 heavy (non-hydrogen) atoms. The molecule has 13 aromatic carbocycles. The van der Waals surface area contributed by atoms with Crippen LogP contribution < -0.4 is 26.2 Å². The number of furan rings is 2. The summed E-state index contributed by atoms with van der Waals surface area (Å²) >= 11 is 0. The molecule has 0 amide bonds. The van der Waals surface area contributed by atoms with Gasteiger partial charge in [0.15, 0.2) is 0 Å². The number of hydrogen-bond acceptors (Lipinski definition) is 4. The lowest BCUT2D eigenvalue weighted by atomic mass is 9.33. The molecule has 3 aromatic heterocycles. The lowest BCUT2D eigenvalue weighted by Crippen LogP contribution is -2.61. The van der Waals surface area contributed by atoms with E-state index in [4.69, 9.17) is 8.83 Å². The lowest BCUT2D eigenvalue weighted by molar-refractivity contribution is 0.568. The van der Waals surface area contributed by atoms with Crippen molar-refractivity contribution in [1.82, 2.24) is 4.57 Å². The standard InChI is InChI=1S/C102H96BN3O2/c1-97(2,3)67-39-45-82-78(57-67)79-58-68(98(4,5)6)40-46-83(79)104(82)73-59-86-94-87(60-73)106(96-75(62-31-23-20-24-32-62)42-48-91-93(96)77-34-26-28-36-89(77)108-91)85-54-64(66-51-71(101(13,14)15)56-72(52-66)102(16,17)18)37-43-80(85)103(94)81-53-63(65-49-69(99(7,8)9)55-70(50-65)100(10,11)12)38-44-84(81)105(86)95-74(61-29-21-19-22-30-61)41-47-90-92(95)76-33-25-27-35-88(76)107-90/h19-60H,1-18H3. The fourth-order valence-corrected chi connectivity index (χ4v) is 17.3. The van der Waals surface area contributed by atoms with Crippen LogP contribution in [0.1, 0.15) is 158 Å². The molecule has 0 unspecified atom stereocenters. The van der Waals surface area contributed by atoms with Gasteiger partial charge in [0.25, 0.3) is 6.71 Å². The average molecular weight is 1410 g/mol. The zero-order valence-corrected chi connectivity index (χ0v) is 66.0. The van der Waals surface area contributed by atoms with Crippen molar-refractivity contribution in [1.29, 1.82) is 0 Å². The van der Waals surface area contributed by atoms with E-state index in [2.05, 4.69) is 394 Å². The predicted octanol–water partition coefficient (Wildman–Crippen LogP) is 27.1. The third-order valence-electron chi connectivity index (χ3n) is 23.5. The molecule has 2 aliphatic heterocycles. The van der Waals surface area contributed by atoms with Gasteiger partial charge < -0.3 is 23.2 Å². The van der Waals surface area contributed by atoms with E-state index in [1.54, 1.807) is 0 Å². The second kappa shape index (κ2) is 24.2. The van der Waals surface area contributed by atoms with Crippen LogP contribution in [-0.2, 0) is 32.5 Å². The van der Waals surface area contributed by atoms with Gasteiger partial charge in [0.05, 0.1) is 38.9 Å². The molecular formula is C102H96BN3O2. The highest BCUT2D eigenvalue weighted by Gasteiger charge is 2.47. The minimum absolute atomic E-state index is 0.105. The molecule has 0 aliphatic carbocycles. The van der Waals surface area contributed by atoms with Gasteiger partial charge in [-0.15, -0.1) is 0 Å². The van der Waals surface area contributed by atoms with Crippen LogP contribution in [0.5, 0.6) is 0 Å². The van der Waals surface area contributed by atoms with Crippen molar-refractivity contribution in [3.05, 3.63) is 288 Å². The Labute approximate surface area is 637 Å². The van der Waals surface area contributed by atoms with Crippen molar-refractivity contribution in [2.24, 2.45) is 0 Å². The molecular weight excluding hydrogens is 1310 g/mol. The SMILES string of the molecule is CC(C)(C)c1cc(-c2ccc3c(c2)B2c4ccc(-c5cc(C(C)(C)C)cc(C(C)(C)C)c5)cc4N(c4c(-c5ccccc5)ccc5oc6ccccc6c45)c4cc(-n5c6ccc(C(C)(C)C)cc6c6cc(C(C)(C)C)ccc65)cc(c42)N3c2c(-c3ccccc3)ccc3oc4ccccc4c23)cc(C(C)(C)C)c1. The summed E-state index contributed by atoms with van der Waals surface area (Å²) in [6, 6.07) is 97.9. The maximum atomic E-state index is 7.17. The summed E-state index contributed by atoms with van der Waals surface area (Å²) in [6.45, 7) is 41.9. The highest BCUT2D eigenvalue weighted by atomic mass is 16.3. The van der Waals surface area contributed by atoms with Crippen LogP contribution in [0.3, 0.4) is 0 Å². The quantitative estimate of drug-likeness (QED) is 0.149. The highest BCUT2D eigenvalue weighted by molar-refractivity contribution is 7.00. The van der Waals surface area contributed by atoms with Gasteiger partial charge in [0.2, 0.25) is 0 Å². The molecule has 6 heteroatoms. The Kier molecular flexibility index (Phi) is 15.4. The normalized spacial score (nSPS) is 13.6. The zero-order valence-electron chi connectivity index (χ0n) is 66.0. The fraction of sp³-hybridized carbons (Fsp3) is 0.235. The van der Waals surface area contributed by atoms with E-state index in [1.165, 1.54) is 77.2 Å². The first-order chi connectivity index (χ1) is 51.3. The summed E-state index contributed by atoms with van der Waals surface area (Å²) in [5, 5.41) is 6.68. The molecule has 2 aliphatic rings. The maximum absolute atomic E-state index is 7.17. The summed E-state index contributed by atoms with van der Waals surface area (Å²) in [6.07, 6.45) is 0. The van der Waals surface area contributed by atoms with Crippen molar-refractivity contribution in [3.63, 3.8) is 0 Å². The molecule has 0 bridgehead atoms. The van der Waals surface area contributed by atoms with Gasteiger partial charge >= 0.3 is 0 Å². The summed E-state index contributed by atoms with van der Waals surface area (Å²) < 4.78 is 16.9. The van der Waals surface area contributed by atoms with Crippen molar-refractivity contribution < 1.29 is 8.83 Å². The number of anilines is 6. The third-order valence-corrected chi connectivity index (χ3v) is 23.5. The number of benzene rings is 13. The van der Waals surface area contributed by atoms with E-state index in [9.17, 15) is 0 Å². The molecule has 0 N–H and O–H groups in total. The molecule has 0 saturated heterocycles. The fourth-order valence-electron chi connectivity index (χ4n) is 17.3. The number of hydrogen-bond donors (Lipinski definition) is 0. The molecule has 0 fully saturated rings. The Morgan fingerprint density at radius 3 is 1.09 bits per heavy atom. The van der Waals surface area contributed by atoms with Crippen molar-refractivity contribution >= 4 is 123 Å². The minimum atomic E-state index is -0.308. The molecule has 5 heterocycles. The van der Waals surface area contributed by atoms with Crippen molar-refractivity contribution in [2.75, 3.05) is 9.80 Å². The largest absolute Gasteiger partial charge is 0.456 e. The van der Waals surface area contributed by atoms with Crippen molar-refractivity contribution in [3.8, 4) is 50.2 Å². The molecule has 534 valence electrons. The van der Waals surface area contributed by atoms with E-state index < -0.39 is 0 Å². The molecule has 16 aromatic rings. The zero-order chi connectivity index (χ0) is 75.2. The Balaban J connectivity index is 1.07. The van der Waals surface area contributed by atoms with Crippen LogP contribution >= 0.6 is 0 Å². The smallest absolute Gasteiger partial charge is 0.252 e. The Bertz CT molecular complexity index is 6240.